The highest BCUT2D eigenvalue weighted by atomic mass is 35.5. The van der Waals surface area contributed by atoms with Crippen molar-refractivity contribution in [1.29, 1.82) is 0 Å². The molecule has 2 rings (SSSR count). The van der Waals surface area contributed by atoms with Crippen LogP contribution in [0.25, 0.3) is 0 Å². The van der Waals surface area contributed by atoms with Gasteiger partial charge < -0.3 is 5.11 Å². The lowest BCUT2D eigenvalue weighted by Crippen LogP contribution is -2.35. The molecule has 1 saturated heterocycles. The Morgan fingerprint density at radius 2 is 1.75 bits per heavy atom. The van der Waals surface area contributed by atoms with E-state index < -0.39 is 6.10 Å². The molecule has 0 bridgehead atoms. The van der Waals surface area contributed by atoms with E-state index in [9.17, 15) is 5.11 Å². The Morgan fingerprint density at radius 3 is 2.31 bits per heavy atom. The molecule has 1 aliphatic rings. The molecule has 0 unspecified atom stereocenters. The van der Waals surface area contributed by atoms with Crippen LogP contribution in [0.5, 0.6) is 0 Å². The van der Waals surface area contributed by atoms with Crippen molar-refractivity contribution in [2.45, 2.75) is 31.9 Å². The van der Waals surface area contributed by atoms with Crippen LogP contribution in [-0.4, -0.2) is 29.1 Å². The maximum absolute atomic E-state index is 10.3. The summed E-state index contributed by atoms with van der Waals surface area (Å²) >= 11 is 5.83. The summed E-state index contributed by atoms with van der Waals surface area (Å²) in [6.45, 7) is 4.29. The zero-order valence-electron chi connectivity index (χ0n) is 9.56. The second-order valence-corrected chi connectivity index (χ2v) is 4.92. The number of halogens is 1. The molecule has 88 valence electrons. The first-order valence-corrected chi connectivity index (χ1v) is 6.24. The summed E-state index contributed by atoms with van der Waals surface area (Å²) in [5, 5.41) is 11.0. The molecular formula is C13H18ClNO. The highest BCUT2D eigenvalue weighted by Crippen LogP contribution is 2.24. The zero-order valence-corrected chi connectivity index (χ0v) is 10.3. The van der Waals surface area contributed by atoms with E-state index >= 15 is 0 Å². The third-order valence-corrected chi connectivity index (χ3v) is 3.64. The molecule has 16 heavy (non-hydrogen) atoms. The Hall–Kier alpha value is -0.570. The van der Waals surface area contributed by atoms with Gasteiger partial charge in [-0.2, -0.15) is 0 Å². The molecule has 1 heterocycles. The first kappa shape index (κ1) is 11.9. The number of likely N-dealkylation sites (tertiary alicyclic amines) is 1. The minimum absolute atomic E-state index is 0.184. The van der Waals surface area contributed by atoms with E-state index in [0.29, 0.717) is 5.02 Å². The summed E-state index contributed by atoms with van der Waals surface area (Å²) in [4.78, 5) is 2.35. The Morgan fingerprint density at radius 1 is 1.19 bits per heavy atom. The first-order chi connectivity index (χ1) is 7.68. The van der Waals surface area contributed by atoms with Crippen LogP contribution in [0, 0.1) is 0 Å². The number of aliphatic hydroxyl groups is 1. The summed E-state index contributed by atoms with van der Waals surface area (Å²) in [5.74, 6) is 0. The fraction of sp³-hybridized carbons (Fsp3) is 0.538. The van der Waals surface area contributed by atoms with E-state index in [1.165, 1.54) is 12.8 Å². The van der Waals surface area contributed by atoms with Crippen LogP contribution in [0.3, 0.4) is 0 Å². The summed E-state index contributed by atoms with van der Waals surface area (Å²) in [6, 6.07) is 7.65. The van der Waals surface area contributed by atoms with Gasteiger partial charge in [0.05, 0.1) is 6.10 Å². The highest BCUT2D eigenvalue weighted by molar-refractivity contribution is 6.30. The van der Waals surface area contributed by atoms with Gasteiger partial charge in [0.2, 0.25) is 0 Å². The monoisotopic (exact) mass is 239 g/mol. The van der Waals surface area contributed by atoms with Gasteiger partial charge in [0.1, 0.15) is 0 Å². The summed E-state index contributed by atoms with van der Waals surface area (Å²) < 4.78 is 0. The highest BCUT2D eigenvalue weighted by Gasteiger charge is 2.25. The van der Waals surface area contributed by atoms with Crippen molar-refractivity contribution < 1.29 is 5.11 Å². The van der Waals surface area contributed by atoms with Gasteiger partial charge in [0, 0.05) is 11.1 Å². The first-order valence-electron chi connectivity index (χ1n) is 5.86. The molecule has 1 aromatic carbocycles. The third-order valence-electron chi connectivity index (χ3n) is 3.39. The molecule has 2 nitrogen and oxygen atoms in total. The van der Waals surface area contributed by atoms with E-state index in [0.717, 1.165) is 18.7 Å². The van der Waals surface area contributed by atoms with Crippen LogP contribution < -0.4 is 0 Å². The molecule has 1 aliphatic heterocycles. The number of nitrogens with zero attached hydrogens (tertiary/aromatic N) is 1. The molecule has 1 aromatic rings. The maximum Gasteiger partial charge on any atom is 0.0942 e. The van der Waals surface area contributed by atoms with E-state index in [1.807, 2.05) is 24.3 Å². The Labute approximate surface area is 102 Å². The van der Waals surface area contributed by atoms with Crippen molar-refractivity contribution in [3.8, 4) is 0 Å². The van der Waals surface area contributed by atoms with Crippen molar-refractivity contribution in [3.05, 3.63) is 34.9 Å². The fourth-order valence-corrected chi connectivity index (χ4v) is 2.41. The predicted octanol–water partition coefficient (Wildman–Crippen LogP) is 2.86. The normalized spacial score (nSPS) is 20.9. The van der Waals surface area contributed by atoms with Crippen molar-refractivity contribution in [1.82, 2.24) is 4.90 Å². The minimum Gasteiger partial charge on any atom is -0.387 e. The van der Waals surface area contributed by atoms with Crippen LogP contribution in [0.2, 0.25) is 5.02 Å². The van der Waals surface area contributed by atoms with Gasteiger partial charge in [-0.1, -0.05) is 23.7 Å². The smallest absolute Gasteiger partial charge is 0.0942 e. The van der Waals surface area contributed by atoms with Gasteiger partial charge in [0.15, 0.2) is 0 Å². The van der Waals surface area contributed by atoms with E-state index in [2.05, 4.69) is 11.8 Å². The molecule has 0 saturated carbocycles. The number of hydrogen-bond donors (Lipinski definition) is 1. The second-order valence-electron chi connectivity index (χ2n) is 4.48. The molecule has 1 N–H and O–H groups in total. The van der Waals surface area contributed by atoms with Crippen LogP contribution in [0.4, 0.5) is 0 Å². The molecule has 0 aromatic heterocycles. The molecule has 0 aliphatic carbocycles. The van der Waals surface area contributed by atoms with Gasteiger partial charge in [-0.15, -0.1) is 0 Å². The largest absolute Gasteiger partial charge is 0.387 e. The minimum atomic E-state index is -0.421. The van der Waals surface area contributed by atoms with Crippen LogP contribution in [0.1, 0.15) is 31.4 Å². The molecular weight excluding hydrogens is 222 g/mol. The van der Waals surface area contributed by atoms with Gasteiger partial charge >= 0.3 is 0 Å². The van der Waals surface area contributed by atoms with Crippen LogP contribution in [0.15, 0.2) is 24.3 Å². The quantitative estimate of drug-likeness (QED) is 0.877. The molecule has 0 radical (unpaired) electrons. The van der Waals surface area contributed by atoms with E-state index in [4.69, 9.17) is 11.6 Å². The van der Waals surface area contributed by atoms with E-state index in [-0.39, 0.29) is 6.04 Å². The van der Waals surface area contributed by atoms with Crippen molar-refractivity contribution in [3.63, 3.8) is 0 Å². The van der Waals surface area contributed by atoms with Crippen molar-refractivity contribution in [2.24, 2.45) is 0 Å². The topological polar surface area (TPSA) is 23.5 Å². The average Bonchev–Trinajstić information content (AvgIpc) is 2.81. The summed E-state index contributed by atoms with van der Waals surface area (Å²) in [6.07, 6.45) is 2.07. The second kappa shape index (κ2) is 5.17. The third kappa shape index (κ3) is 2.57. The zero-order chi connectivity index (χ0) is 11.5. The van der Waals surface area contributed by atoms with Gasteiger partial charge in [0.25, 0.3) is 0 Å². The number of rotatable bonds is 3. The SMILES string of the molecule is C[C@H]([C@@H](O)c1ccc(Cl)cc1)N1CCCC1. The molecule has 0 spiro atoms. The molecule has 1 fully saturated rings. The summed E-state index contributed by atoms with van der Waals surface area (Å²) in [5.41, 5.74) is 0.948. The Kier molecular flexibility index (Phi) is 3.85. The maximum atomic E-state index is 10.3. The fourth-order valence-electron chi connectivity index (χ4n) is 2.29. The predicted molar refractivity (Wildman–Crippen MR) is 66.7 cm³/mol. The standard InChI is InChI=1S/C13H18ClNO/c1-10(15-8-2-3-9-15)13(16)11-4-6-12(14)7-5-11/h4-7,10,13,16H,2-3,8-9H2,1H3/t10-,13-/m1/s1. The lowest BCUT2D eigenvalue weighted by atomic mass is 10.0. The van der Waals surface area contributed by atoms with Gasteiger partial charge in [-0.05, 0) is 50.6 Å². The molecule has 3 heteroatoms. The molecule has 2 atom stereocenters. The Bertz CT molecular complexity index is 332. The lowest BCUT2D eigenvalue weighted by molar-refractivity contribution is 0.0716. The van der Waals surface area contributed by atoms with Crippen molar-refractivity contribution in [2.75, 3.05) is 13.1 Å². The molecule has 0 amide bonds. The number of benzene rings is 1. The number of aliphatic hydroxyl groups excluding tert-OH is 1. The van der Waals surface area contributed by atoms with E-state index in [1.54, 1.807) is 0 Å². The van der Waals surface area contributed by atoms with Crippen LogP contribution in [-0.2, 0) is 0 Å². The lowest BCUT2D eigenvalue weighted by Gasteiger charge is -2.28. The van der Waals surface area contributed by atoms with Gasteiger partial charge in [-0.25, -0.2) is 0 Å². The van der Waals surface area contributed by atoms with Gasteiger partial charge in [-0.3, -0.25) is 4.90 Å². The van der Waals surface area contributed by atoms with Crippen LogP contribution >= 0.6 is 11.6 Å². The average molecular weight is 240 g/mol. The number of hydrogen-bond acceptors (Lipinski definition) is 2. The van der Waals surface area contributed by atoms with Crippen molar-refractivity contribution >= 4 is 11.6 Å². The Balaban J connectivity index is 2.05. The summed E-state index contributed by atoms with van der Waals surface area (Å²) in [7, 11) is 0.